The molecule has 0 bridgehead atoms. The van der Waals surface area contributed by atoms with Crippen molar-refractivity contribution in [2.24, 2.45) is 0 Å². The molecule has 5 nitrogen and oxygen atoms in total. The number of benzene rings is 2. The van der Waals surface area contributed by atoms with E-state index in [1.165, 1.54) is 0 Å². The first-order valence-corrected chi connectivity index (χ1v) is 10.0. The first-order valence-electron chi connectivity index (χ1n) is 8.61. The third-order valence-electron chi connectivity index (χ3n) is 4.28. The standard InChI is InChI=1S/C20H21ClN2O3S/c1-26-11-10-22-19(25)15-4-6-16(7-5-15)20-23(18(24)13-27-20)12-14-2-8-17(21)9-3-14/h2-9,20H,10-13H2,1H3,(H,22,25)/t20-/m1/s1. The molecule has 0 aliphatic carbocycles. The minimum atomic E-state index is -0.133. The van der Waals surface area contributed by atoms with Crippen LogP contribution in [0.25, 0.3) is 0 Å². The molecule has 0 aromatic heterocycles. The van der Waals surface area contributed by atoms with Crippen LogP contribution in [-0.4, -0.2) is 42.7 Å². The van der Waals surface area contributed by atoms with Crippen molar-refractivity contribution >= 4 is 35.2 Å². The average Bonchev–Trinajstić information content (AvgIpc) is 3.04. The minimum absolute atomic E-state index is 0.0567. The normalized spacial score (nSPS) is 16.6. The number of hydrogen-bond donors (Lipinski definition) is 1. The Bertz CT molecular complexity index is 796. The van der Waals surface area contributed by atoms with Crippen LogP contribution in [0.1, 0.15) is 26.9 Å². The summed E-state index contributed by atoms with van der Waals surface area (Å²) in [4.78, 5) is 26.3. The SMILES string of the molecule is COCCNC(=O)c1ccc([C@H]2SCC(=O)N2Cc2ccc(Cl)cc2)cc1. The fraction of sp³-hybridized carbons (Fsp3) is 0.300. The number of methoxy groups -OCH3 is 1. The van der Waals surface area contributed by atoms with Crippen LogP contribution in [0.15, 0.2) is 48.5 Å². The predicted octanol–water partition coefficient (Wildman–Crippen LogP) is 3.49. The van der Waals surface area contributed by atoms with Gasteiger partial charge in [0.05, 0.1) is 12.4 Å². The van der Waals surface area contributed by atoms with Crippen molar-refractivity contribution in [2.45, 2.75) is 11.9 Å². The lowest BCUT2D eigenvalue weighted by molar-refractivity contribution is -0.128. The van der Waals surface area contributed by atoms with Crippen molar-refractivity contribution in [3.63, 3.8) is 0 Å². The van der Waals surface area contributed by atoms with Gasteiger partial charge in [-0.3, -0.25) is 9.59 Å². The van der Waals surface area contributed by atoms with Crippen molar-refractivity contribution < 1.29 is 14.3 Å². The van der Waals surface area contributed by atoms with Crippen molar-refractivity contribution in [3.05, 3.63) is 70.2 Å². The molecule has 1 atom stereocenters. The zero-order valence-electron chi connectivity index (χ0n) is 15.0. The Kier molecular flexibility index (Phi) is 6.77. The van der Waals surface area contributed by atoms with Crippen molar-refractivity contribution in [2.75, 3.05) is 26.0 Å². The Morgan fingerprint density at radius 2 is 1.93 bits per heavy atom. The summed E-state index contributed by atoms with van der Waals surface area (Å²) >= 11 is 7.54. The molecule has 0 radical (unpaired) electrons. The summed E-state index contributed by atoms with van der Waals surface area (Å²) < 4.78 is 4.93. The smallest absolute Gasteiger partial charge is 0.251 e. The van der Waals surface area contributed by atoms with Crippen LogP contribution >= 0.6 is 23.4 Å². The molecule has 0 spiro atoms. The molecule has 2 aromatic carbocycles. The molecule has 1 saturated heterocycles. The van der Waals surface area contributed by atoms with Crippen LogP contribution in [-0.2, 0) is 16.1 Å². The highest BCUT2D eigenvalue weighted by Gasteiger charge is 2.32. The highest BCUT2D eigenvalue weighted by Crippen LogP contribution is 2.39. The summed E-state index contributed by atoms with van der Waals surface area (Å²) in [6, 6.07) is 14.9. The highest BCUT2D eigenvalue weighted by atomic mass is 35.5. The number of hydrogen-bond acceptors (Lipinski definition) is 4. The van der Waals surface area contributed by atoms with E-state index in [9.17, 15) is 9.59 Å². The topological polar surface area (TPSA) is 58.6 Å². The van der Waals surface area contributed by atoms with Crippen molar-refractivity contribution in [3.8, 4) is 0 Å². The molecule has 0 saturated carbocycles. The van der Waals surface area contributed by atoms with E-state index in [-0.39, 0.29) is 17.2 Å². The molecule has 1 fully saturated rings. The van der Waals surface area contributed by atoms with Gasteiger partial charge in [-0.15, -0.1) is 11.8 Å². The molecule has 142 valence electrons. The van der Waals surface area contributed by atoms with Gasteiger partial charge in [-0.05, 0) is 35.4 Å². The maximum absolute atomic E-state index is 12.4. The number of halogens is 1. The maximum atomic E-state index is 12.4. The number of amides is 2. The maximum Gasteiger partial charge on any atom is 0.251 e. The summed E-state index contributed by atoms with van der Waals surface area (Å²) in [5, 5.41) is 3.42. The van der Waals surface area contributed by atoms with E-state index in [1.54, 1.807) is 31.0 Å². The van der Waals surface area contributed by atoms with Crippen molar-refractivity contribution in [1.29, 1.82) is 0 Å². The summed E-state index contributed by atoms with van der Waals surface area (Å²) in [6.45, 7) is 1.48. The fourth-order valence-electron chi connectivity index (χ4n) is 2.86. The van der Waals surface area contributed by atoms with E-state index in [4.69, 9.17) is 16.3 Å². The van der Waals surface area contributed by atoms with Crippen LogP contribution in [0.2, 0.25) is 5.02 Å². The van der Waals surface area contributed by atoms with Crippen LogP contribution in [0.3, 0.4) is 0 Å². The number of nitrogens with one attached hydrogen (secondary N) is 1. The van der Waals surface area contributed by atoms with Gasteiger partial charge >= 0.3 is 0 Å². The number of carbonyl (C=O) groups is 2. The second kappa shape index (κ2) is 9.26. The first-order chi connectivity index (χ1) is 13.1. The minimum Gasteiger partial charge on any atom is -0.383 e. The Labute approximate surface area is 168 Å². The average molecular weight is 405 g/mol. The van der Waals surface area contributed by atoms with E-state index >= 15 is 0 Å². The Morgan fingerprint density at radius 3 is 2.59 bits per heavy atom. The monoisotopic (exact) mass is 404 g/mol. The third kappa shape index (κ3) is 5.03. The lowest BCUT2D eigenvalue weighted by atomic mass is 10.1. The van der Waals surface area contributed by atoms with Crippen LogP contribution in [0.5, 0.6) is 0 Å². The molecule has 1 aliphatic rings. The van der Waals surface area contributed by atoms with Gasteiger partial charge in [0.15, 0.2) is 0 Å². The number of nitrogens with zero attached hydrogens (tertiary/aromatic N) is 1. The quantitative estimate of drug-likeness (QED) is 0.717. The number of carbonyl (C=O) groups excluding carboxylic acids is 2. The van der Waals surface area contributed by atoms with Gasteiger partial charge < -0.3 is 15.0 Å². The van der Waals surface area contributed by atoms with Crippen LogP contribution < -0.4 is 5.32 Å². The fourth-order valence-corrected chi connectivity index (χ4v) is 4.17. The molecule has 1 aliphatic heterocycles. The lowest BCUT2D eigenvalue weighted by Gasteiger charge is -2.24. The summed E-state index contributed by atoms with van der Waals surface area (Å²) in [7, 11) is 1.59. The second-order valence-electron chi connectivity index (χ2n) is 6.18. The zero-order chi connectivity index (χ0) is 19.2. The number of ether oxygens (including phenoxy) is 1. The molecule has 1 N–H and O–H groups in total. The molecule has 2 aromatic rings. The van der Waals surface area contributed by atoms with Gasteiger partial charge in [-0.1, -0.05) is 35.9 Å². The third-order valence-corrected chi connectivity index (χ3v) is 5.79. The van der Waals surface area contributed by atoms with Gasteiger partial charge in [-0.25, -0.2) is 0 Å². The van der Waals surface area contributed by atoms with Crippen molar-refractivity contribution in [1.82, 2.24) is 10.2 Å². The number of rotatable bonds is 7. The molecule has 0 unspecified atom stereocenters. The predicted molar refractivity (Wildman–Crippen MR) is 108 cm³/mol. The summed E-state index contributed by atoms with van der Waals surface area (Å²) in [5.74, 6) is 0.436. The highest BCUT2D eigenvalue weighted by molar-refractivity contribution is 8.00. The van der Waals surface area contributed by atoms with Gasteiger partial charge in [0.2, 0.25) is 5.91 Å². The molecule has 27 heavy (non-hydrogen) atoms. The second-order valence-corrected chi connectivity index (χ2v) is 7.69. The molecule has 3 rings (SSSR count). The van der Waals surface area contributed by atoms with E-state index < -0.39 is 0 Å². The van der Waals surface area contributed by atoms with E-state index in [0.29, 0.717) is 36.0 Å². The van der Waals surface area contributed by atoms with Crippen LogP contribution in [0, 0.1) is 0 Å². The van der Waals surface area contributed by atoms with E-state index in [0.717, 1.165) is 11.1 Å². The van der Waals surface area contributed by atoms with E-state index in [1.807, 2.05) is 41.3 Å². The summed E-state index contributed by atoms with van der Waals surface area (Å²) in [6.07, 6.45) is 0. The largest absolute Gasteiger partial charge is 0.383 e. The Morgan fingerprint density at radius 1 is 1.22 bits per heavy atom. The Balaban J connectivity index is 1.69. The molecular formula is C20H21ClN2O3S. The van der Waals surface area contributed by atoms with Gasteiger partial charge in [0, 0.05) is 30.8 Å². The van der Waals surface area contributed by atoms with Gasteiger partial charge in [0.25, 0.3) is 5.91 Å². The Hall–Kier alpha value is -2.02. The molecule has 2 amide bonds. The molecule has 1 heterocycles. The number of thioether (sulfide) groups is 1. The molecular weight excluding hydrogens is 384 g/mol. The van der Waals surface area contributed by atoms with Gasteiger partial charge in [0.1, 0.15) is 5.37 Å². The van der Waals surface area contributed by atoms with Gasteiger partial charge in [-0.2, -0.15) is 0 Å². The zero-order valence-corrected chi connectivity index (χ0v) is 16.6. The summed E-state index contributed by atoms with van der Waals surface area (Å²) in [5.41, 5.74) is 2.64. The van der Waals surface area contributed by atoms with E-state index in [2.05, 4.69) is 5.32 Å². The molecule has 7 heteroatoms. The van der Waals surface area contributed by atoms with Crippen LogP contribution in [0.4, 0.5) is 0 Å². The lowest BCUT2D eigenvalue weighted by Crippen LogP contribution is -2.28. The first kappa shape index (κ1) is 19.7.